The molecule has 2 aromatic carbocycles. The number of aliphatic carboxylic acids is 1. The molecule has 0 aliphatic rings. The Labute approximate surface area is 159 Å². The van der Waals surface area contributed by atoms with E-state index < -0.39 is 12.1 Å². The van der Waals surface area contributed by atoms with Gasteiger partial charge in [0, 0.05) is 18.1 Å². The minimum absolute atomic E-state index is 0.00633. The Kier molecular flexibility index (Phi) is 8.01. The zero-order valence-corrected chi connectivity index (χ0v) is 16.1. The molecule has 0 saturated heterocycles. The third-order valence-corrected chi connectivity index (χ3v) is 5.05. The fraction of sp³-hybridized carbons (Fsp3) is 0.381. The number of benzene rings is 2. The summed E-state index contributed by atoms with van der Waals surface area (Å²) in [6.07, 6.45) is -0.0702. The number of ether oxygens (including phenoxy) is 1. The molecule has 2 rings (SSSR count). The van der Waals surface area contributed by atoms with Gasteiger partial charge < -0.3 is 19.7 Å². The predicted octanol–water partition coefficient (Wildman–Crippen LogP) is 2.66. The minimum Gasteiger partial charge on any atom is -0.550 e. The maximum Gasteiger partial charge on any atom is 0.126 e. The number of thioether (sulfide) groups is 1. The van der Waals surface area contributed by atoms with E-state index in [0.29, 0.717) is 24.5 Å². The number of carbonyl (C=O) groups excluding carboxylic acids is 1. The van der Waals surface area contributed by atoms with Gasteiger partial charge >= 0.3 is 0 Å². The van der Waals surface area contributed by atoms with Crippen molar-refractivity contribution >= 4 is 17.7 Å². The van der Waals surface area contributed by atoms with Crippen molar-refractivity contribution in [3.63, 3.8) is 0 Å². The molecular weight excluding hydrogens is 348 g/mol. The van der Waals surface area contributed by atoms with E-state index >= 15 is 0 Å². The van der Waals surface area contributed by atoms with Crippen LogP contribution in [0.25, 0.3) is 0 Å². The molecule has 0 saturated carbocycles. The normalized spacial score (nSPS) is 12.0. The fourth-order valence-corrected chi connectivity index (χ4v) is 3.69. The van der Waals surface area contributed by atoms with Crippen LogP contribution in [0.15, 0.2) is 42.5 Å². The van der Waals surface area contributed by atoms with Crippen LogP contribution in [0.3, 0.4) is 0 Å². The number of aliphatic hydroxyl groups excluding tert-OH is 1. The first-order valence-corrected chi connectivity index (χ1v) is 9.83. The highest BCUT2D eigenvalue weighted by molar-refractivity contribution is 7.99. The SMILES string of the molecule is Cc1cc(C)c(OCc2ccccc2)c(CC(O)CSCCC(=O)[O-])c1. The van der Waals surface area contributed by atoms with Crippen LogP contribution < -0.4 is 9.84 Å². The van der Waals surface area contributed by atoms with Crippen molar-refractivity contribution in [2.45, 2.75) is 39.4 Å². The van der Waals surface area contributed by atoms with E-state index in [0.717, 1.165) is 28.0 Å². The largest absolute Gasteiger partial charge is 0.550 e. The molecule has 0 bridgehead atoms. The molecule has 0 amide bonds. The highest BCUT2D eigenvalue weighted by Gasteiger charge is 2.14. The average Bonchev–Trinajstić information content (AvgIpc) is 2.58. The quantitative estimate of drug-likeness (QED) is 0.649. The Morgan fingerprint density at radius 3 is 2.65 bits per heavy atom. The van der Waals surface area contributed by atoms with Crippen molar-refractivity contribution in [3.8, 4) is 5.75 Å². The van der Waals surface area contributed by atoms with Crippen molar-refractivity contribution in [3.05, 3.63) is 64.7 Å². The topological polar surface area (TPSA) is 69.6 Å². The second-order valence-electron chi connectivity index (χ2n) is 6.40. The molecule has 0 spiro atoms. The molecular formula is C21H25O4S-. The lowest BCUT2D eigenvalue weighted by molar-refractivity contribution is -0.305. The van der Waals surface area contributed by atoms with Crippen molar-refractivity contribution in [2.24, 2.45) is 0 Å². The molecule has 1 unspecified atom stereocenters. The predicted molar refractivity (Wildman–Crippen MR) is 103 cm³/mol. The summed E-state index contributed by atoms with van der Waals surface area (Å²) in [6, 6.07) is 14.1. The van der Waals surface area contributed by atoms with E-state index in [1.54, 1.807) is 0 Å². The Morgan fingerprint density at radius 2 is 1.96 bits per heavy atom. The van der Waals surface area contributed by atoms with Crippen molar-refractivity contribution < 1.29 is 19.7 Å². The average molecular weight is 373 g/mol. The third kappa shape index (κ3) is 6.73. The van der Waals surface area contributed by atoms with E-state index in [-0.39, 0.29) is 6.42 Å². The molecule has 2 aromatic rings. The third-order valence-electron chi connectivity index (χ3n) is 3.94. The van der Waals surface area contributed by atoms with Crippen molar-refractivity contribution in [1.82, 2.24) is 0 Å². The molecule has 5 heteroatoms. The lowest BCUT2D eigenvalue weighted by Crippen LogP contribution is -2.23. The summed E-state index contributed by atoms with van der Waals surface area (Å²) in [5, 5.41) is 20.8. The number of hydrogen-bond acceptors (Lipinski definition) is 5. The molecule has 0 aromatic heterocycles. The van der Waals surface area contributed by atoms with Crippen LogP contribution in [0.5, 0.6) is 5.75 Å². The molecule has 0 heterocycles. The van der Waals surface area contributed by atoms with Gasteiger partial charge in [-0.1, -0.05) is 48.0 Å². The number of carboxylic acid groups (broad SMARTS) is 1. The second-order valence-corrected chi connectivity index (χ2v) is 7.55. The van der Waals surface area contributed by atoms with Gasteiger partial charge in [0.1, 0.15) is 12.4 Å². The van der Waals surface area contributed by atoms with Crippen LogP contribution >= 0.6 is 11.8 Å². The highest BCUT2D eigenvalue weighted by Crippen LogP contribution is 2.28. The van der Waals surface area contributed by atoms with Crippen molar-refractivity contribution in [1.29, 1.82) is 0 Å². The van der Waals surface area contributed by atoms with Crippen LogP contribution in [0.4, 0.5) is 0 Å². The Balaban J connectivity index is 2.00. The molecule has 1 atom stereocenters. The summed E-state index contributed by atoms with van der Waals surface area (Å²) in [5.41, 5.74) is 4.25. The summed E-state index contributed by atoms with van der Waals surface area (Å²) in [5.74, 6) is 0.693. The number of carbonyl (C=O) groups is 1. The van der Waals surface area contributed by atoms with Gasteiger partial charge in [0.15, 0.2) is 0 Å². The van der Waals surface area contributed by atoms with Gasteiger partial charge in [-0.2, -0.15) is 11.8 Å². The van der Waals surface area contributed by atoms with Gasteiger partial charge in [-0.05, 0) is 42.7 Å². The highest BCUT2D eigenvalue weighted by atomic mass is 32.2. The summed E-state index contributed by atoms with van der Waals surface area (Å²) in [6.45, 7) is 4.52. The monoisotopic (exact) mass is 373 g/mol. The van der Waals surface area contributed by atoms with Gasteiger partial charge in [-0.15, -0.1) is 0 Å². The van der Waals surface area contributed by atoms with Gasteiger partial charge in [-0.25, -0.2) is 0 Å². The first kappa shape index (κ1) is 20.3. The van der Waals surface area contributed by atoms with Gasteiger partial charge in [0.2, 0.25) is 0 Å². The van der Waals surface area contributed by atoms with E-state index in [1.807, 2.05) is 50.2 Å². The molecule has 26 heavy (non-hydrogen) atoms. The summed E-state index contributed by atoms with van der Waals surface area (Å²) >= 11 is 1.42. The number of hydrogen-bond donors (Lipinski definition) is 1. The number of rotatable bonds is 10. The Bertz CT molecular complexity index is 715. The standard InChI is InChI=1S/C21H26O4S/c1-15-10-16(2)21(25-13-17-6-4-3-5-7-17)18(11-15)12-19(22)14-26-9-8-20(23)24/h3-7,10-11,19,22H,8-9,12-14H2,1-2H3,(H,23,24)/p-1. The first-order valence-electron chi connectivity index (χ1n) is 8.68. The Hall–Kier alpha value is -1.98. The molecule has 1 N–H and O–H groups in total. The zero-order valence-electron chi connectivity index (χ0n) is 15.2. The number of aryl methyl sites for hydroxylation is 2. The van der Waals surface area contributed by atoms with Crippen LogP contribution in [-0.2, 0) is 17.8 Å². The number of carboxylic acids is 1. The van der Waals surface area contributed by atoms with E-state index in [4.69, 9.17) is 4.74 Å². The lowest BCUT2D eigenvalue weighted by Gasteiger charge is -2.18. The van der Waals surface area contributed by atoms with Crippen LogP contribution in [0.2, 0.25) is 0 Å². The molecule has 0 aliphatic carbocycles. The maximum atomic E-state index is 10.4. The van der Waals surface area contributed by atoms with E-state index in [1.165, 1.54) is 11.8 Å². The van der Waals surface area contributed by atoms with E-state index in [9.17, 15) is 15.0 Å². The fourth-order valence-electron chi connectivity index (χ4n) is 2.82. The first-order chi connectivity index (χ1) is 12.5. The molecule has 0 aliphatic heterocycles. The van der Waals surface area contributed by atoms with Gasteiger partial charge in [-0.3, -0.25) is 0 Å². The molecule has 0 fully saturated rings. The summed E-state index contributed by atoms with van der Waals surface area (Å²) in [4.78, 5) is 10.4. The maximum absolute atomic E-state index is 10.4. The second kappa shape index (κ2) is 10.2. The van der Waals surface area contributed by atoms with Crippen LogP contribution in [-0.4, -0.2) is 28.7 Å². The van der Waals surface area contributed by atoms with Gasteiger partial charge in [0.25, 0.3) is 0 Å². The van der Waals surface area contributed by atoms with Gasteiger partial charge in [0.05, 0.1) is 6.10 Å². The zero-order chi connectivity index (χ0) is 18.9. The molecule has 4 nitrogen and oxygen atoms in total. The molecule has 0 radical (unpaired) electrons. The molecule has 140 valence electrons. The smallest absolute Gasteiger partial charge is 0.126 e. The Morgan fingerprint density at radius 1 is 1.23 bits per heavy atom. The van der Waals surface area contributed by atoms with Crippen LogP contribution in [0, 0.1) is 13.8 Å². The van der Waals surface area contributed by atoms with Crippen molar-refractivity contribution in [2.75, 3.05) is 11.5 Å². The van der Waals surface area contributed by atoms with E-state index in [2.05, 4.69) is 6.07 Å². The van der Waals surface area contributed by atoms with Crippen LogP contribution in [0.1, 0.15) is 28.7 Å². The summed E-state index contributed by atoms with van der Waals surface area (Å²) < 4.78 is 6.06. The number of aliphatic hydroxyl groups is 1. The lowest BCUT2D eigenvalue weighted by atomic mass is 10.0. The summed E-state index contributed by atoms with van der Waals surface area (Å²) in [7, 11) is 0. The minimum atomic E-state index is -1.06.